The number of thiazole rings is 1. The zero-order valence-corrected chi connectivity index (χ0v) is 12.7. The van der Waals surface area contributed by atoms with Crippen molar-refractivity contribution in [2.75, 3.05) is 13.2 Å². The molecule has 6 heteroatoms. The topological polar surface area (TPSA) is 71.5 Å². The van der Waals surface area contributed by atoms with Crippen molar-refractivity contribution in [2.45, 2.75) is 20.0 Å². The maximum atomic E-state index is 12.0. The lowest BCUT2D eigenvalue weighted by Gasteiger charge is -2.02. The van der Waals surface area contributed by atoms with Crippen LogP contribution in [0.3, 0.4) is 0 Å². The average Bonchev–Trinajstić information content (AvgIpc) is 2.87. The smallest absolute Gasteiger partial charge is 0.263 e. The minimum atomic E-state index is -0.149. The Morgan fingerprint density at radius 1 is 1.38 bits per heavy atom. The number of carbonyl (C=O) groups excluding carboxylic acids is 1. The maximum Gasteiger partial charge on any atom is 0.263 e. The van der Waals surface area contributed by atoms with Crippen LogP contribution < -0.4 is 10.1 Å². The molecule has 2 rings (SSSR count). The fraction of sp³-hybridized carbons (Fsp3) is 0.333. The Morgan fingerprint density at radius 3 is 2.86 bits per heavy atom. The monoisotopic (exact) mass is 306 g/mol. The molecule has 0 unspecified atom stereocenters. The molecule has 5 nitrogen and oxygen atoms in total. The van der Waals surface area contributed by atoms with Gasteiger partial charge in [-0.1, -0.05) is 18.2 Å². The number of para-hydroxylation sites is 1. The lowest BCUT2D eigenvalue weighted by Crippen LogP contribution is -2.24. The van der Waals surface area contributed by atoms with E-state index in [9.17, 15) is 4.79 Å². The molecule has 21 heavy (non-hydrogen) atoms. The van der Waals surface area contributed by atoms with E-state index >= 15 is 0 Å². The molecule has 1 amide bonds. The molecule has 1 heterocycles. The molecule has 0 aliphatic carbocycles. The molecule has 0 spiro atoms. The first kappa shape index (κ1) is 15.5. The summed E-state index contributed by atoms with van der Waals surface area (Å²) in [5.74, 6) is 0.628. The second kappa shape index (κ2) is 7.75. The molecular formula is C15H18N2O3S. The third kappa shape index (κ3) is 4.54. The number of nitrogens with one attached hydrogen (secondary N) is 1. The van der Waals surface area contributed by atoms with Gasteiger partial charge in [0.15, 0.2) is 0 Å². The van der Waals surface area contributed by atoms with E-state index in [1.54, 1.807) is 0 Å². The van der Waals surface area contributed by atoms with Gasteiger partial charge in [-0.3, -0.25) is 4.79 Å². The van der Waals surface area contributed by atoms with Gasteiger partial charge in [-0.05, 0) is 25.5 Å². The highest BCUT2D eigenvalue weighted by molar-refractivity contribution is 7.13. The first-order valence-corrected chi connectivity index (χ1v) is 7.55. The molecule has 0 radical (unpaired) electrons. The Labute approximate surface area is 127 Å². The fourth-order valence-corrected chi connectivity index (χ4v) is 2.64. The summed E-state index contributed by atoms with van der Waals surface area (Å²) in [6.07, 6.45) is 0.549. The minimum absolute atomic E-state index is 0.0676. The molecule has 0 atom stereocenters. The lowest BCUT2D eigenvalue weighted by atomic mass is 10.3. The molecule has 0 saturated carbocycles. The number of aryl methyl sites for hydroxylation is 1. The van der Waals surface area contributed by atoms with Gasteiger partial charge in [0, 0.05) is 13.2 Å². The molecule has 0 bridgehead atoms. The molecule has 1 aromatic heterocycles. The van der Waals surface area contributed by atoms with E-state index in [1.807, 2.05) is 37.3 Å². The second-order valence-corrected chi connectivity index (χ2v) is 5.54. The number of aliphatic hydroxyl groups excluding tert-OH is 1. The largest absolute Gasteiger partial charge is 0.486 e. The summed E-state index contributed by atoms with van der Waals surface area (Å²) >= 11 is 1.33. The van der Waals surface area contributed by atoms with Crippen molar-refractivity contribution in [2.24, 2.45) is 0 Å². The van der Waals surface area contributed by atoms with Gasteiger partial charge in [0.2, 0.25) is 0 Å². The highest BCUT2D eigenvalue weighted by atomic mass is 32.1. The first-order chi connectivity index (χ1) is 10.2. The number of hydrogen-bond donors (Lipinski definition) is 2. The number of amides is 1. The van der Waals surface area contributed by atoms with E-state index in [0.29, 0.717) is 30.1 Å². The number of nitrogens with zero attached hydrogens (tertiary/aromatic N) is 1. The Balaban J connectivity index is 1.94. The van der Waals surface area contributed by atoms with Crippen LogP contribution >= 0.6 is 11.3 Å². The summed E-state index contributed by atoms with van der Waals surface area (Å²) in [5.41, 5.74) is 0.702. The molecule has 2 aromatic rings. The van der Waals surface area contributed by atoms with Crippen LogP contribution in [0.25, 0.3) is 0 Å². The van der Waals surface area contributed by atoms with Gasteiger partial charge in [0.1, 0.15) is 22.2 Å². The van der Waals surface area contributed by atoms with Crippen molar-refractivity contribution in [1.82, 2.24) is 10.3 Å². The number of aromatic nitrogens is 1. The Bertz CT molecular complexity index is 584. The number of ether oxygens (including phenoxy) is 1. The van der Waals surface area contributed by atoms with E-state index < -0.39 is 0 Å². The van der Waals surface area contributed by atoms with Crippen LogP contribution in [-0.4, -0.2) is 29.1 Å². The first-order valence-electron chi connectivity index (χ1n) is 6.74. The molecule has 2 N–H and O–H groups in total. The number of aliphatic hydroxyl groups is 1. The highest BCUT2D eigenvalue weighted by Gasteiger charge is 2.15. The van der Waals surface area contributed by atoms with Gasteiger partial charge < -0.3 is 15.2 Å². The van der Waals surface area contributed by atoms with Crippen LogP contribution in [0.15, 0.2) is 30.3 Å². The molecule has 0 saturated heterocycles. The third-order valence-corrected chi connectivity index (χ3v) is 3.90. The van der Waals surface area contributed by atoms with E-state index in [2.05, 4.69) is 10.3 Å². The van der Waals surface area contributed by atoms with Crippen molar-refractivity contribution in [1.29, 1.82) is 0 Å². The zero-order valence-electron chi connectivity index (χ0n) is 11.8. The number of carbonyl (C=O) groups is 1. The molecule has 0 fully saturated rings. The fourth-order valence-electron chi connectivity index (χ4n) is 1.75. The highest BCUT2D eigenvalue weighted by Crippen LogP contribution is 2.20. The zero-order chi connectivity index (χ0) is 15.1. The average molecular weight is 306 g/mol. The predicted octanol–water partition coefficient (Wildman–Crippen LogP) is 2.14. The molecule has 1 aromatic carbocycles. The third-order valence-electron chi connectivity index (χ3n) is 2.77. The molecule has 0 aliphatic rings. The van der Waals surface area contributed by atoms with Gasteiger partial charge >= 0.3 is 0 Å². The second-order valence-electron chi connectivity index (χ2n) is 4.46. The van der Waals surface area contributed by atoms with Crippen LogP contribution in [0.1, 0.15) is 26.8 Å². The predicted molar refractivity (Wildman–Crippen MR) is 81.7 cm³/mol. The standard InChI is InChI=1S/C15H18N2O3S/c1-11-14(15(19)16-8-5-9-18)21-13(17-11)10-20-12-6-3-2-4-7-12/h2-4,6-7,18H,5,8-10H2,1H3,(H,16,19). The lowest BCUT2D eigenvalue weighted by molar-refractivity contribution is 0.0954. The van der Waals surface area contributed by atoms with Crippen LogP contribution in [0.5, 0.6) is 5.75 Å². The van der Waals surface area contributed by atoms with Crippen LogP contribution in [0, 0.1) is 6.92 Å². The maximum absolute atomic E-state index is 12.0. The quantitative estimate of drug-likeness (QED) is 0.769. The molecule has 112 valence electrons. The van der Waals surface area contributed by atoms with E-state index in [1.165, 1.54) is 11.3 Å². The van der Waals surface area contributed by atoms with Crippen LogP contribution in [-0.2, 0) is 6.61 Å². The van der Waals surface area contributed by atoms with Crippen LogP contribution in [0.4, 0.5) is 0 Å². The summed E-state index contributed by atoms with van der Waals surface area (Å²) < 4.78 is 5.62. The van der Waals surface area contributed by atoms with Crippen molar-refractivity contribution in [3.8, 4) is 5.75 Å². The Kier molecular flexibility index (Phi) is 5.71. The summed E-state index contributed by atoms with van der Waals surface area (Å²) in [6, 6.07) is 9.49. The molecular weight excluding hydrogens is 288 g/mol. The number of benzene rings is 1. The van der Waals surface area contributed by atoms with Crippen molar-refractivity contribution in [3.05, 3.63) is 45.9 Å². The summed E-state index contributed by atoms with van der Waals surface area (Å²) in [6.45, 7) is 2.68. The van der Waals surface area contributed by atoms with E-state index in [0.717, 1.165) is 10.8 Å². The summed E-state index contributed by atoms with van der Waals surface area (Å²) in [7, 11) is 0. The summed E-state index contributed by atoms with van der Waals surface area (Å²) in [4.78, 5) is 16.9. The van der Waals surface area contributed by atoms with E-state index in [4.69, 9.17) is 9.84 Å². The van der Waals surface area contributed by atoms with Gasteiger partial charge in [0.05, 0.1) is 5.69 Å². The van der Waals surface area contributed by atoms with Crippen molar-refractivity contribution in [3.63, 3.8) is 0 Å². The van der Waals surface area contributed by atoms with Gasteiger partial charge in [0.25, 0.3) is 5.91 Å². The summed E-state index contributed by atoms with van der Waals surface area (Å²) in [5, 5.41) is 12.2. The van der Waals surface area contributed by atoms with Crippen molar-refractivity contribution < 1.29 is 14.6 Å². The van der Waals surface area contributed by atoms with Gasteiger partial charge in [-0.25, -0.2) is 4.98 Å². The number of hydrogen-bond acceptors (Lipinski definition) is 5. The molecule has 0 aliphatic heterocycles. The normalized spacial score (nSPS) is 10.4. The van der Waals surface area contributed by atoms with Crippen LogP contribution in [0.2, 0.25) is 0 Å². The Hall–Kier alpha value is -1.92. The van der Waals surface area contributed by atoms with Gasteiger partial charge in [-0.2, -0.15) is 0 Å². The SMILES string of the molecule is Cc1nc(COc2ccccc2)sc1C(=O)NCCCO. The number of rotatable bonds is 7. The van der Waals surface area contributed by atoms with Crippen molar-refractivity contribution >= 4 is 17.2 Å². The van der Waals surface area contributed by atoms with E-state index in [-0.39, 0.29) is 12.5 Å². The minimum Gasteiger partial charge on any atom is -0.486 e. The Morgan fingerprint density at radius 2 is 2.14 bits per heavy atom. The van der Waals surface area contributed by atoms with Gasteiger partial charge in [-0.15, -0.1) is 11.3 Å².